The van der Waals surface area contributed by atoms with Crippen LogP contribution in [0.5, 0.6) is 0 Å². The Balaban J connectivity index is 1.07. The molecule has 0 fully saturated rings. The van der Waals surface area contributed by atoms with Gasteiger partial charge in [-0.2, -0.15) is 0 Å². The molecule has 0 N–H and O–H groups in total. The highest BCUT2D eigenvalue weighted by Gasteiger charge is 2.28. The molecule has 0 saturated heterocycles. The second-order valence-electron chi connectivity index (χ2n) is 16.9. The van der Waals surface area contributed by atoms with Gasteiger partial charge < -0.3 is 8.98 Å². The zero-order valence-corrected chi connectivity index (χ0v) is 34.9. The lowest BCUT2D eigenvalue weighted by atomic mass is 9.87. The molecule has 0 amide bonds. The number of furan rings is 1. The zero-order valence-electron chi connectivity index (χ0n) is 34.0. The van der Waals surface area contributed by atoms with E-state index in [1.165, 1.54) is 52.6 Å². The van der Waals surface area contributed by atoms with E-state index in [0.717, 1.165) is 79.6 Å². The van der Waals surface area contributed by atoms with Crippen LogP contribution < -0.4 is 0 Å². The summed E-state index contributed by atoms with van der Waals surface area (Å²) < 4.78 is 11.9. The van der Waals surface area contributed by atoms with Crippen molar-refractivity contribution in [1.82, 2.24) is 4.57 Å². The van der Waals surface area contributed by atoms with Crippen LogP contribution in [0.4, 0.5) is 0 Å². The highest BCUT2D eigenvalue weighted by molar-refractivity contribution is 7.25. The Kier molecular flexibility index (Phi) is 7.91. The highest BCUT2D eigenvalue weighted by atomic mass is 32.1. The van der Waals surface area contributed by atoms with Crippen LogP contribution in [0.2, 0.25) is 0 Å². The van der Waals surface area contributed by atoms with E-state index < -0.39 is 0 Å². The number of benzene rings is 9. The Morgan fingerprint density at radius 2 is 1.26 bits per heavy atom. The minimum Gasteiger partial charge on any atom is -0.456 e. The van der Waals surface area contributed by atoms with Crippen molar-refractivity contribution < 1.29 is 4.42 Å². The smallest absolute Gasteiger partial charge is 0.156 e. The standard InChI is InChI=1S/C57H39N3OS/c1-34-25-28-47(38-26-27-43-42-19-8-11-24-53(42)62-54(43)33-38)58-57(44-21-12-16-35-13-4-5-17-40(35)44)59-56(34)39-31-50(55-45-20-7-10-23-51(45)61-52(55)32-39)60-48-22-9-6-18-41(48)46-29-36-14-2-3-15-37(36)30-49(46)60/h2-24,26-27,29-34,56H,25,28H2,1H3/b58-47+,59-57-. The van der Waals surface area contributed by atoms with Gasteiger partial charge in [-0.1, -0.05) is 140 Å². The van der Waals surface area contributed by atoms with E-state index in [9.17, 15) is 0 Å². The first-order valence-corrected chi connectivity index (χ1v) is 22.4. The molecule has 0 spiro atoms. The number of nitrogens with zero attached hydrogens (tertiary/aromatic N) is 3. The van der Waals surface area contributed by atoms with Crippen LogP contribution in [0.1, 0.15) is 42.5 Å². The van der Waals surface area contributed by atoms with Crippen LogP contribution >= 0.6 is 11.3 Å². The average molecular weight is 814 g/mol. The molecule has 4 heterocycles. The lowest BCUT2D eigenvalue weighted by molar-refractivity contribution is 0.446. The fraction of sp³-hybridized carbons (Fsp3) is 0.0877. The quantitative estimate of drug-likeness (QED) is 0.174. The Morgan fingerprint density at radius 3 is 2.15 bits per heavy atom. The number of para-hydroxylation sites is 2. The van der Waals surface area contributed by atoms with E-state index in [-0.39, 0.29) is 12.0 Å². The lowest BCUT2D eigenvalue weighted by Crippen LogP contribution is -2.18. The van der Waals surface area contributed by atoms with Gasteiger partial charge in [0.1, 0.15) is 11.2 Å². The third-order valence-corrected chi connectivity index (χ3v) is 14.4. The number of hydrogen-bond acceptors (Lipinski definition) is 4. The molecular weight excluding hydrogens is 775 g/mol. The van der Waals surface area contributed by atoms with Gasteiger partial charge in [0.25, 0.3) is 0 Å². The largest absolute Gasteiger partial charge is 0.456 e. The fourth-order valence-corrected chi connectivity index (χ4v) is 11.3. The first kappa shape index (κ1) is 35.4. The Bertz CT molecular complexity index is 3860. The zero-order chi connectivity index (χ0) is 40.9. The summed E-state index contributed by atoms with van der Waals surface area (Å²) in [6.07, 6.45) is 1.76. The van der Waals surface area contributed by atoms with E-state index in [2.05, 4.69) is 193 Å². The molecule has 3 aromatic heterocycles. The van der Waals surface area contributed by atoms with Crippen molar-refractivity contribution in [2.75, 3.05) is 0 Å². The predicted octanol–water partition coefficient (Wildman–Crippen LogP) is 15.8. The summed E-state index contributed by atoms with van der Waals surface area (Å²) in [5.74, 6) is 0.953. The van der Waals surface area contributed by atoms with Gasteiger partial charge in [-0.3, -0.25) is 4.99 Å². The van der Waals surface area contributed by atoms with E-state index in [1.54, 1.807) is 0 Å². The molecule has 0 bridgehead atoms. The number of thiophene rings is 1. The van der Waals surface area contributed by atoms with E-state index >= 15 is 0 Å². The van der Waals surface area contributed by atoms with E-state index in [4.69, 9.17) is 14.4 Å². The molecule has 9 aromatic carbocycles. The summed E-state index contributed by atoms with van der Waals surface area (Å²) in [5, 5.41) is 12.0. The molecule has 294 valence electrons. The van der Waals surface area contributed by atoms with Gasteiger partial charge in [0.05, 0.1) is 33.9 Å². The molecule has 1 aliphatic rings. The third-order valence-electron chi connectivity index (χ3n) is 13.2. The minimum absolute atomic E-state index is 0.190. The maximum absolute atomic E-state index is 6.82. The molecule has 0 aliphatic carbocycles. The second kappa shape index (κ2) is 13.8. The molecule has 62 heavy (non-hydrogen) atoms. The summed E-state index contributed by atoms with van der Waals surface area (Å²) in [4.78, 5) is 11.4. The molecule has 12 aromatic rings. The van der Waals surface area contributed by atoms with Crippen LogP contribution in [0.15, 0.2) is 196 Å². The van der Waals surface area contributed by atoms with Crippen molar-refractivity contribution in [2.24, 2.45) is 15.9 Å². The van der Waals surface area contributed by atoms with Gasteiger partial charge in [0.2, 0.25) is 0 Å². The van der Waals surface area contributed by atoms with Crippen LogP contribution in [0, 0.1) is 5.92 Å². The summed E-state index contributed by atoms with van der Waals surface area (Å²) >= 11 is 1.85. The SMILES string of the molecule is CC1CC/C(c2ccc3c(c2)sc2ccccc23)=N\C(c2cccc3ccccc23)=N/C1c1cc(-n2c3ccccc3c3cc4ccccc4cc32)c2c(c1)oc1ccccc12. The normalized spacial score (nSPS) is 17.9. The van der Waals surface area contributed by atoms with Crippen LogP contribution in [-0.2, 0) is 0 Å². The van der Waals surface area contributed by atoms with Crippen LogP contribution in [0.3, 0.4) is 0 Å². The van der Waals surface area contributed by atoms with Gasteiger partial charge in [0.15, 0.2) is 5.84 Å². The maximum atomic E-state index is 6.82. The van der Waals surface area contributed by atoms with Gasteiger partial charge in [-0.05, 0) is 100.0 Å². The Labute approximate surface area is 361 Å². The molecule has 0 saturated carbocycles. The number of hydrogen-bond donors (Lipinski definition) is 0. The molecule has 1 aliphatic heterocycles. The number of rotatable bonds is 4. The van der Waals surface area contributed by atoms with Crippen molar-refractivity contribution in [3.63, 3.8) is 0 Å². The Hall–Kier alpha value is -7.34. The first-order chi connectivity index (χ1) is 30.6. The number of aliphatic imine (C=N–C) groups is 2. The van der Waals surface area contributed by atoms with Crippen molar-refractivity contribution >= 4 is 108 Å². The van der Waals surface area contributed by atoms with Gasteiger partial charge >= 0.3 is 0 Å². The monoisotopic (exact) mass is 813 g/mol. The number of aromatic nitrogens is 1. The molecule has 5 heteroatoms. The first-order valence-electron chi connectivity index (χ1n) is 21.6. The minimum atomic E-state index is -0.190. The van der Waals surface area contributed by atoms with Crippen molar-refractivity contribution in [1.29, 1.82) is 0 Å². The van der Waals surface area contributed by atoms with Gasteiger partial charge in [0, 0.05) is 41.9 Å². The summed E-state index contributed by atoms with van der Waals surface area (Å²) in [6, 6.07) is 65.8. The second-order valence-corrected chi connectivity index (χ2v) is 18.0. The van der Waals surface area contributed by atoms with E-state index in [0.29, 0.717) is 0 Å². The number of amidine groups is 1. The molecule has 13 rings (SSSR count). The van der Waals surface area contributed by atoms with Gasteiger partial charge in [-0.15, -0.1) is 11.3 Å². The maximum Gasteiger partial charge on any atom is 0.156 e. The van der Waals surface area contributed by atoms with E-state index in [1.807, 2.05) is 11.3 Å². The van der Waals surface area contributed by atoms with Crippen LogP contribution in [0.25, 0.3) is 91.1 Å². The van der Waals surface area contributed by atoms with Crippen molar-refractivity contribution in [3.8, 4) is 5.69 Å². The molecular formula is C57H39N3OS. The van der Waals surface area contributed by atoms with Crippen molar-refractivity contribution in [2.45, 2.75) is 25.8 Å². The predicted molar refractivity (Wildman–Crippen MR) is 263 cm³/mol. The lowest BCUT2D eigenvalue weighted by Gasteiger charge is -2.26. The third kappa shape index (κ3) is 5.51. The summed E-state index contributed by atoms with van der Waals surface area (Å²) in [6.45, 7) is 2.36. The molecule has 0 radical (unpaired) electrons. The average Bonchev–Trinajstić information content (AvgIpc) is 3.98. The molecule has 2 atom stereocenters. The fourth-order valence-electron chi connectivity index (χ4n) is 10.2. The molecule has 2 unspecified atom stereocenters. The number of fused-ring (bicyclic) bond motifs is 11. The van der Waals surface area contributed by atoms with Crippen molar-refractivity contribution in [3.05, 3.63) is 199 Å². The summed E-state index contributed by atoms with van der Waals surface area (Å²) in [5.41, 5.74) is 9.57. The Morgan fingerprint density at radius 1 is 0.548 bits per heavy atom. The molecule has 4 nitrogen and oxygen atoms in total. The van der Waals surface area contributed by atoms with Crippen LogP contribution in [-0.4, -0.2) is 16.1 Å². The topological polar surface area (TPSA) is 42.8 Å². The van der Waals surface area contributed by atoms with Gasteiger partial charge in [-0.25, -0.2) is 4.99 Å². The highest BCUT2D eigenvalue weighted by Crippen LogP contribution is 2.44. The summed E-state index contributed by atoms with van der Waals surface area (Å²) in [7, 11) is 0.